The molecule has 0 saturated carbocycles. The summed E-state index contributed by atoms with van der Waals surface area (Å²) in [6.07, 6.45) is 2.71. The number of fused-ring (bicyclic) bond motifs is 1. The number of rotatable bonds is 0. The summed E-state index contributed by atoms with van der Waals surface area (Å²) in [4.78, 5) is 0. The van der Waals surface area contributed by atoms with E-state index in [1.807, 2.05) is 0 Å². The number of nitrogens with one attached hydrogen (secondary N) is 1. The van der Waals surface area contributed by atoms with E-state index in [4.69, 9.17) is 0 Å². The lowest BCUT2D eigenvalue weighted by molar-refractivity contribution is 0.409. The molecule has 2 atom stereocenters. The van der Waals surface area contributed by atoms with E-state index in [9.17, 15) is 0 Å². The lowest BCUT2D eigenvalue weighted by atomic mass is 9.92. The van der Waals surface area contributed by atoms with Crippen molar-refractivity contribution in [2.75, 3.05) is 26.2 Å². The number of nitrogens with zero attached hydrogens (tertiary/aromatic N) is 1. The van der Waals surface area contributed by atoms with E-state index >= 15 is 0 Å². The maximum absolute atomic E-state index is 4.44. The second-order valence-corrected chi connectivity index (χ2v) is 3.44. The molecule has 57 valence electrons. The van der Waals surface area contributed by atoms with Gasteiger partial charge in [0.15, 0.2) is 0 Å². The van der Waals surface area contributed by atoms with Crippen LogP contribution < -0.4 is 10.6 Å². The van der Waals surface area contributed by atoms with Gasteiger partial charge < -0.3 is 5.32 Å². The van der Waals surface area contributed by atoms with Crippen LogP contribution in [0.4, 0.5) is 0 Å². The first-order valence-electron chi connectivity index (χ1n) is 4.31. The predicted molar refractivity (Wildman–Crippen MR) is 41.0 cm³/mol. The van der Waals surface area contributed by atoms with E-state index in [2.05, 4.69) is 10.6 Å². The highest BCUT2D eigenvalue weighted by atomic mass is 14.9. The van der Waals surface area contributed by atoms with Crippen molar-refractivity contribution < 1.29 is 0 Å². The van der Waals surface area contributed by atoms with Gasteiger partial charge in [-0.25, -0.2) is 5.32 Å². The van der Waals surface area contributed by atoms with E-state index < -0.39 is 0 Å². The molecular formula is C8H15N2. The molecule has 10 heavy (non-hydrogen) atoms. The van der Waals surface area contributed by atoms with Crippen LogP contribution >= 0.6 is 0 Å². The molecule has 0 aromatic carbocycles. The summed E-state index contributed by atoms with van der Waals surface area (Å²) in [6.45, 7) is 4.73. The minimum atomic E-state index is 0.926. The molecule has 2 heteroatoms. The fourth-order valence-electron chi connectivity index (χ4n) is 2.06. The average molecular weight is 139 g/mol. The molecule has 2 aliphatic rings. The lowest BCUT2D eigenvalue weighted by Crippen LogP contribution is -2.16. The Morgan fingerprint density at radius 2 is 1.60 bits per heavy atom. The third kappa shape index (κ3) is 1.18. The molecule has 2 unspecified atom stereocenters. The van der Waals surface area contributed by atoms with E-state index in [0.717, 1.165) is 24.9 Å². The highest BCUT2D eigenvalue weighted by molar-refractivity contribution is 4.83. The van der Waals surface area contributed by atoms with Crippen molar-refractivity contribution in [1.82, 2.24) is 10.6 Å². The van der Waals surface area contributed by atoms with Gasteiger partial charge in [0, 0.05) is 13.1 Å². The first-order valence-corrected chi connectivity index (χ1v) is 4.31. The van der Waals surface area contributed by atoms with Crippen molar-refractivity contribution in [3.8, 4) is 0 Å². The molecule has 0 amide bonds. The van der Waals surface area contributed by atoms with Crippen molar-refractivity contribution >= 4 is 0 Å². The molecule has 2 nitrogen and oxygen atoms in total. The van der Waals surface area contributed by atoms with Gasteiger partial charge in [0.05, 0.1) is 0 Å². The Morgan fingerprint density at radius 3 is 2.20 bits per heavy atom. The Labute approximate surface area is 62.4 Å². The van der Waals surface area contributed by atoms with Crippen LogP contribution in [0, 0.1) is 11.8 Å². The zero-order valence-electron chi connectivity index (χ0n) is 6.34. The average Bonchev–Trinajstić information content (AvgIpc) is 2.28. The lowest BCUT2D eigenvalue weighted by Gasteiger charge is -2.11. The molecule has 1 radical (unpaired) electrons. The maximum atomic E-state index is 4.44. The fraction of sp³-hybridized carbons (Fsp3) is 1.00. The van der Waals surface area contributed by atoms with Crippen LogP contribution in [0.15, 0.2) is 0 Å². The van der Waals surface area contributed by atoms with Crippen LogP contribution in [0.5, 0.6) is 0 Å². The van der Waals surface area contributed by atoms with Crippen molar-refractivity contribution in [2.24, 2.45) is 11.8 Å². The molecule has 1 N–H and O–H groups in total. The molecular weight excluding hydrogens is 124 g/mol. The number of hydrogen-bond donors (Lipinski definition) is 1. The molecule has 2 heterocycles. The first kappa shape index (κ1) is 6.62. The van der Waals surface area contributed by atoms with Gasteiger partial charge in [-0.05, 0) is 37.8 Å². The molecule has 0 bridgehead atoms. The van der Waals surface area contributed by atoms with Gasteiger partial charge in [0.1, 0.15) is 0 Å². The van der Waals surface area contributed by atoms with Crippen LogP contribution in [0.2, 0.25) is 0 Å². The summed E-state index contributed by atoms with van der Waals surface area (Å²) in [7, 11) is 0. The summed E-state index contributed by atoms with van der Waals surface area (Å²) in [6, 6.07) is 0. The van der Waals surface area contributed by atoms with Gasteiger partial charge >= 0.3 is 0 Å². The Bertz CT molecular complexity index is 102. The van der Waals surface area contributed by atoms with Gasteiger partial charge in [0.2, 0.25) is 0 Å². The minimum absolute atomic E-state index is 0.926. The first-order chi connectivity index (χ1) is 4.97. The molecule has 2 saturated heterocycles. The van der Waals surface area contributed by atoms with E-state index in [1.54, 1.807) is 0 Å². The molecule has 2 fully saturated rings. The van der Waals surface area contributed by atoms with E-state index in [0.29, 0.717) is 0 Å². The van der Waals surface area contributed by atoms with E-state index in [1.165, 1.54) is 25.9 Å². The molecule has 0 aromatic heterocycles. The fourth-order valence-corrected chi connectivity index (χ4v) is 2.06. The SMILES string of the molecule is C1CC2C[N]CC2CCN1. The summed E-state index contributed by atoms with van der Waals surface area (Å²) in [5, 5.41) is 7.88. The highest BCUT2D eigenvalue weighted by Gasteiger charge is 2.28. The normalized spacial score (nSPS) is 40.8. The van der Waals surface area contributed by atoms with Crippen molar-refractivity contribution in [1.29, 1.82) is 0 Å². The molecule has 0 aromatic rings. The summed E-state index contributed by atoms with van der Waals surface area (Å²) < 4.78 is 0. The smallest absolute Gasteiger partial charge is 0.0165 e. The number of hydrogen-bond acceptors (Lipinski definition) is 1. The molecule has 2 aliphatic heterocycles. The monoisotopic (exact) mass is 139 g/mol. The van der Waals surface area contributed by atoms with Crippen molar-refractivity contribution in [3.05, 3.63) is 0 Å². The Kier molecular flexibility index (Phi) is 1.91. The Balaban J connectivity index is 1.95. The summed E-state index contributed by atoms with van der Waals surface area (Å²) in [5.74, 6) is 1.85. The van der Waals surface area contributed by atoms with Crippen LogP contribution in [-0.2, 0) is 0 Å². The van der Waals surface area contributed by atoms with Gasteiger partial charge in [-0.15, -0.1) is 0 Å². The van der Waals surface area contributed by atoms with E-state index in [-0.39, 0.29) is 0 Å². The van der Waals surface area contributed by atoms with Gasteiger partial charge in [-0.2, -0.15) is 0 Å². The predicted octanol–water partition coefficient (Wildman–Crippen LogP) is 0.220. The standard InChI is InChI=1S/C8H15N2/c1-3-9-4-2-8-6-10-5-7(1)8/h7-9H,1-6H2. The second kappa shape index (κ2) is 2.89. The zero-order valence-corrected chi connectivity index (χ0v) is 6.34. The topological polar surface area (TPSA) is 26.1 Å². The molecule has 0 aliphatic carbocycles. The zero-order chi connectivity index (χ0) is 6.81. The second-order valence-electron chi connectivity index (χ2n) is 3.44. The Morgan fingerprint density at radius 1 is 1.00 bits per heavy atom. The van der Waals surface area contributed by atoms with Crippen LogP contribution in [0.3, 0.4) is 0 Å². The highest BCUT2D eigenvalue weighted by Crippen LogP contribution is 2.24. The quantitative estimate of drug-likeness (QED) is 0.510. The third-order valence-corrected chi connectivity index (χ3v) is 2.78. The molecule has 0 spiro atoms. The van der Waals surface area contributed by atoms with Gasteiger partial charge in [-0.3, -0.25) is 0 Å². The maximum Gasteiger partial charge on any atom is 0.0165 e. The minimum Gasteiger partial charge on any atom is -0.317 e. The largest absolute Gasteiger partial charge is 0.317 e. The summed E-state index contributed by atoms with van der Waals surface area (Å²) in [5.41, 5.74) is 0. The summed E-state index contributed by atoms with van der Waals surface area (Å²) >= 11 is 0. The van der Waals surface area contributed by atoms with Crippen LogP contribution in [-0.4, -0.2) is 26.2 Å². The van der Waals surface area contributed by atoms with Gasteiger partial charge in [-0.1, -0.05) is 0 Å². The third-order valence-electron chi connectivity index (χ3n) is 2.78. The Hall–Kier alpha value is -0.0800. The van der Waals surface area contributed by atoms with Crippen LogP contribution in [0.25, 0.3) is 0 Å². The van der Waals surface area contributed by atoms with Crippen LogP contribution in [0.1, 0.15) is 12.8 Å². The molecule has 2 rings (SSSR count). The van der Waals surface area contributed by atoms with Crippen molar-refractivity contribution in [2.45, 2.75) is 12.8 Å². The van der Waals surface area contributed by atoms with Crippen molar-refractivity contribution in [3.63, 3.8) is 0 Å². The van der Waals surface area contributed by atoms with Gasteiger partial charge in [0.25, 0.3) is 0 Å².